The van der Waals surface area contributed by atoms with Crippen LogP contribution in [-0.4, -0.2) is 52.2 Å². The van der Waals surface area contributed by atoms with Crippen LogP contribution >= 0.6 is 0 Å². The fourth-order valence-electron chi connectivity index (χ4n) is 3.01. The number of hydrogen-bond donors (Lipinski definition) is 0. The van der Waals surface area contributed by atoms with Gasteiger partial charge >= 0.3 is 0 Å². The summed E-state index contributed by atoms with van der Waals surface area (Å²) in [6, 6.07) is 3.90. The molecule has 0 spiro atoms. The molecule has 0 saturated heterocycles. The van der Waals surface area contributed by atoms with E-state index in [1.165, 1.54) is 0 Å². The second-order valence-electron chi connectivity index (χ2n) is 6.26. The van der Waals surface area contributed by atoms with E-state index >= 15 is 0 Å². The number of amides is 1. The summed E-state index contributed by atoms with van der Waals surface area (Å²) in [6.45, 7) is 3.55. The number of fused-ring (bicyclic) bond motifs is 1. The highest BCUT2D eigenvalue weighted by Gasteiger charge is 2.25. The van der Waals surface area contributed by atoms with Crippen LogP contribution in [0.4, 0.5) is 0 Å². The van der Waals surface area contributed by atoms with Crippen molar-refractivity contribution in [2.24, 2.45) is 5.92 Å². The van der Waals surface area contributed by atoms with E-state index in [1.54, 1.807) is 19.5 Å². The van der Waals surface area contributed by atoms with E-state index in [4.69, 9.17) is 9.47 Å². The molecular formula is C18H24N4O3. The predicted octanol–water partition coefficient (Wildman–Crippen LogP) is 1.49. The van der Waals surface area contributed by atoms with Gasteiger partial charge in [0.1, 0.15) is 5.82 Å². The molecule has 0 N–H and O–H groups in total. The minimum absolute atomic E-state index is 0.0931. The van der Waals surface area contributed by atoms with Gasteiger partial charge in [0.25, 0.3) is 0 Å². The molecule has 0 aromatic carbocycles. The van der Waals surface area contributed by atoms with Crippen molar-refractivity contribution in [3.63, 3.8) is 0 Å². The largest absolute Gasteiger partial charge is 0.384 e. The molecule has 0 aliphatic carbocycles. The maximum absolute atomic E-state index is 12.4. The first-order valence-electron chi connectivity index (χ1n) is 8.49. The Morgan fingerprint density at radius 1 is 1.36 bits per heavy atom. The van der Waals surface area contributed by atoms with Crippen LogP contribution in [0.2, 0.25) is 0 Å². The first-order chi connectivity index (χ1) is 12.3. The fraction of sp³-hybridized carbons (Fsp3) is 0.500. The number of carbonyl (C=O) groups is 1. The highest BCUT2D eigenvalue weighted by atomic mass is 16.5. The Bertz CT molecular complexity index is 674. The molecule has 7 nitrogen and oxygen atoms in total. The van der Waals surface area contributed by atoms with Crippen LogP contribution in [0.15, 0.2) is 36.9 Å². The summed E-state index contributed by atoms with van der Waals surface area (Å²) in [7, 11) is 1.61. The Labute approximate surface area is 147 Å². The maximum atomic E-state index is 12.4. The molecule has 3 rings (SSSR count). The summed E-state index contributed by atoms with van der Waals surface area (Å²) in [4.78, 5) is 22.8. The van der Waals surface area contributed by atoms with Crippen LogP contribution in [0.5, 0.6) is 0 Å². The Kier molecular flexibility index (Phi) is 6.14. The summed E-state index contributed by atoms with van der Waals surface area (Å²) in [5.41, 5.74) is 1.05. The number of nitrogens with zero attached hydrogens (tertiary/aromatic N) is 4. The standard InChI is InChI=1S/C18H24N4O3/c1-24-8-4-18(23)22-11-16(10-21-7-6-20-17(21)12-22)14-25-13-15-3-2-5-19-9-15/h2-3,5-7,9,16H,4,8,10-14H2,1H3. The van der Waals surface area contributed by atoms with Gasteiger partial charge in [0.15, 0.2) is 0 Å². The second-order valence-corrected chi connectivity index (χ2v) is 6.26. The lowest BCUT2D eigenvalue weighted by molar-refractivity contribution is -0.133. The van der Waals surface area contributed by atoms with Gasteiger partial charge in [-0.05, 0) is 11.6 Å². The monoisotopic (exact) mass is 344 g/mol. The number of carbonyl (C=O) groups excluding carboxylic acids is 1. The molecular weight excluding hydrogens is 320 g/mol. The Balaban J connectivity index is 1.61. The average molecular weight is 344 g/mol. The van der Waals surface area contributed by atoms with Crippen molar-refractivity contribution in [1.29, 1.82) is 0 Å². The van der Waals surface area contributed by atoms with Gasteiger partial charge < -0.3 is 18.9 Å². The number of aromatic nitrogens is 3. The van der Waals surface area contributed by atoms with E-state index in [0.717, 1.165) is 17.9 Å². The highest BCUT2D eigenvalue weighted by Crippen LogP contribution is 2.17. The molecule has 0 saturated carbocycles. The number of hydrogen-bond acceptors (Lipinski definition) is 5. The Morgan fingerprint density at radius 2 is 2.28 bits per heavy atom. The summed E-state index contributed by atoms with van der Waals surface area (Å²) in [5, 5.41) is 0. The third-order valence-corrected chi connectivity index (χ3v) is 4.29. The van der Waals surface area contributed by atoms with Crippen LogP contribution in [0.3, 0.4) is 0 Å². The van der Waals surface area contributed by atoms with E-state index in [-0.39, 0.29) is 11.8 Å². The van der Waals surface area contributed by atoms with E-state index in [0.29, 0.717) is 39.3 Å². The lowest BCUT2D eigenvalue weighted by Gasteiger charge is -2.24. The minimum atomic E-state index is 0.0931. The van der Waals surface area contributed by atoms with Gasteiger partial charge in [-0.3, -0.25) is 9.78 Å². The van der Waals surface area contributed by atoms with Crippen molar-refractivity contribution in [3.05, 3.63) is 48.3 Å². The second kappa shape index (κ2) is 8.73. The van der Waals surface area contributed by atoms with Gasteiger partial charge in [0.05, 0.1) is 32.8 Å². The van der Waals surface area contributed by atoms with E-state index in [9.17, 15) is 4.79 Å². The quantitative estimate of drug-likeness (QED) is 0.761. The predicted molar refractivity (Wildman–Crippen MR) is 91.5 cm³/mol. The maximum Gasteiger partial charge on any atom is 0.225 e. The highest BCUT2D eigenvalue weighted by molar-refractivity contribution is 5.76. The number of methoxy groups -OCH3 is 1. The molecule has 134 valence electrons. The number of rotatable bonds is 7. The van der Waals surface area contributed by atoms with Crippen molar-refractivity contribution < 1.29 is 14.3 Å². The van der Waals surface area contributed by atoms with Gasteiger partial charge in [0, 0.05) is 50.9 Å². The molecule has 0 radical (unpaired) electrons. The molecule has 2 aromatic heterocycles. The summed E-state index contributed by atoms with van der Waals surface area (Å²) in [5.74, 6) is 1.23. The van der Waals surface area contributed by atoms with Crippen LogP contribution < -0.4 is 0 Å². The molecule has 3 heterocycles. The van der Waals surface area contributed by atoms with Crippen LogP contribution in [0, 0.1) is 5.92 Å². The van der Waals surface area contributed by atoms with Crippen molar-refractivity contribution in [1.82, 2.24) is 19.4 Å². The molecule has 1 aliphatic heterocycles. The van der Waals surface area contributed by atoms with Crippen molar-refractivity contribution in [3.8, 4) is 0 Å². The number of imidazole rings is 1. The third kappa shape index (κ3) is 4.87. The van der Waals surface area contributed by atoms with Gasteiger partial charge in [-0.2, -0.15) is 0 Å². The zero-order valence-corrected chi connectivity index (χ0v) is 14.5. The molecule has 1 atom stereocenters. The molecule has 0 fully saturated rings. The van der Waals surface area contributed by atoms with Crippen molar-refractivity contribution >= 4 is 5.91 Å². The van der Waals surface area contributed by atoms with Crippen LogP contribution in [0.25, 0.3) is 0 Å². The van der Waals surface area contributed by atoms with Crippen molar-refractivity contribution in [2.75, 3.05) is 26.9 Å². The van der Waals surface area contributed by atoms with Gasteiger partial charge in [0.2, 0.25) is 5.91 Å². The lowest BCUT2D eigenvalue weighted by Crippen LogP contribution is -2.35. The topological polar surface area (TPSA) is 69.5 Å². The molecule has 2 aromatic rings. The zero-order valence-electron chi connectivity index (χ0n) is 14.5. The molecule has 7 heteroatoms. The van der Waals surface area contributed by atoms with Gasteiger partial charge in [-0.15, -0.1) is 0 Å². The first kappa shape index (κ1) is 17.6. The van der Waals surface area contributed by atoms with E-state index in [1.807, 2.05) is 29.4 Å². The van der Waals surface area contributed by atoms with Gasteiger partial charge in [-0.25, -0.2) is 4.98 Å². The molecule has 1 aliphatic rings. The average Bonchev–Trinajstić information content (AvgIpc) is 2.99. The Hall–Kier alpha value is -2.25. The number of pyridine rings is 1. The van der Waals surface area contributed by atoms with Crippen molar-refractivity contribution in [2.45, 2.75) is 26.1 Å². The molecule has 0 bridgehead atoms. The van der Waals surface area contributed by atoms with Crippen LogP contribution in [-0.2, 0) is 34.0 Å². The molecule has 1 unspecified atom stereocenters. The van der Waals surface area contributed by atoms with E-state index < -0.39 is 0 Å². The summed E-state index contributed by atoms with van der Waals surface area (Å²) in [6.07, 6.45) is 7.69. The minimum Gasteiger partial charge on any atom is -0.384 e. The summed E-state index contributed by atoms with van der Waals surface area (Å²) < 4.78 is 13.0. The SMILES string of the molecule is COCCC(=O)N1Cc2nccn2CC(COCc2cccnc2)C1. The summed E-state index contributed by atoms with van der Waals surface area (Å²) >= 11 is 0. The third-order valence-electron chi connectivity index (χ3n) is 4.29. The fourth-order valence-corrected chi connectivity index (χ4v) is 3.01. The van der Waals surface area contributed by atoms with Gasteiger partial charge in [-0.1, -0.05) is 6.07 Å². The lowest BCUT2D eigenvalue weighted by atomic mass is 10.1. The number of ether oxygens (including phenoxy) is 2. The normalized spacial score (nSPS) is 17.2. The Morgan fingerprint density at radius 3 is 3.08 bits per heavy atom. The zero-order chi connectivity index (χ0) is 17.5. The van der Waals surface area contributed by atoms with Crippen LogP contribution in [0.1, 0.15) is 17.8 Å². The smallest absolute Gasteiger partial charge is 0.225 e. The molecule has 1 amide bonds. The first-order valence-corrected chi connectivity index (χ1v) is 8.49. The molecule has 25 heavy (non-hydrogen) atoms. The van der Waals surface area contributed by atoms with E-state index in [2.05, 4.69) is 14.5 Å².